The number of halogens is 2. The summed E-state index contributed by atoms with van der Waals surface area (Å²) in [5, 5.41) is 12.4. The molecule has 1 aromatic carbocycles. The first kappa shape index (κ1) is 13.8. The molecule has 0 unspecified atom stereocenters. The highest BCUT2D eigenvalue weighted by molar-refractivity contribution is 6.33. The summed E-state index contributed by atoms with van der Waals surface area (Å²) in [6.45, 7) is 1.83. The SMILES string of the molecule is CC[C@@H](C#N)NC(=O)Cc1cc(Cl)ccc1Cl. The number of hydrogen-bond acceptors (Lipinski definition) is 2. The van der Waals surface area contributed by atoms with Crippen LogP contribution in [0.4, 0.5) is 0 Å². The molecule has 1 rings (SSSR count). The summed E-state index contributed by atoms with van der Waals surface area (Å²) in [7, 11) is 0. The molecule has 1 aromatic rings. The van der Waals surface area contributed by atoms with Gasteiger partial charge >= 0.3 is 0 Å². The van der Waals surface area contributed by atoms with Crippen molar-refractivity contribution >= 4 is 29.1 Å². The molecule has 17 heavy (non-hydrogen) atoms. The predicted octanol–water partition coefficient (Wildman–Crippen LogP) is 2.95. The molecule has 0 radical (unpaired) electrons. The van der Waals surface area contributed by atoms with E-state index in [0.29, 0.717) is 22.0 Å². The third-order valence-corrected chi connectivity index (χ3v) is 2.86. The Bertz CT molecular complexity index is 454. The largest absolute Gasteiger partial charge is 0.340 e. The molecule has 5 heteroatoms. The van der Waals surface area contributed by atoms with Crippen molar-refractivity contribution in [2.24, 2.45) is 0 Å². The molecule has 0 aliphatic carbocycles. The van der Waals surface area contributed by atoms with Crippen molar-refractivity contribution in [2.45, 2.75) is 25.8 Å². The molecule has 90 valence electrons. The summed E-state index contributed by atoms with van der Waals surface area (Å²) in [6, 6.07) is 6.50. The van der Waals surface area contributed by atoms with Crippen molar-refractivity contribution in [3.05, 3.63) is 33.8 Å². The van der Waals surface area contributed by atoms with Crippen molar-refractivity contribution in [2.75, 3.05) is 0 Å². The standard InChI is InChI=1S/C12H12Cl2N2O/c1-2-10(7-15)16-12(17)6-8-5-9(13)3-4-11(8)14/h3-5,10H,2,6H2,1H3,(H,16,17)/t10-/m0/s1. The van der Waals surface area contributed by atoms with E-state index in [1.165, 1.54) is 0 Å². The lowest BCUT2D eigenvalue weighted by Crippen LogP contribution is -2.34. The highest BCUT2D eigenvalue weighted by Crippen LogP contribution is 2.20. The van der Waals surface area contributed by atoms with Crippen LogP contribution in [0, 0.1) is 11.3 Å². The zero-order chi connectivity index (χ0) is 12.8. The summed E-state index contributed by atoms with van der Waals surface area (Å²) < 4.78 is 0. The van der Waals surface area contributed by atoms with Gasteiger partial charge in [-0.1, -0.05) is 30.1 Å². The highest BCUT2D eigenvalue weighted by atomic mass is 35.5. The third kappa shape index (κ3) is 4.26. The predicted molar refractivity (Wildman–Crippen MR) is 68.0 cm³/mol. The number of nitrogens with zero attached hydrogens (tertiary/aromatic N) is 1. The fourth-order valence-corrected chi connectivity index (χ4v) is 1.70. The maximum absolute atomic E-state index is 11.6. The monoisotopic (exact) mass is 270 g/mol. The number of carbonyl (C=O) groups is 1. The molecule has 0 heterocycles. The molecule has 3 nitrogen and oxygen atoms in total. The highest BCUT2D eigenvalue weighted by Gasteiger charge is 2.11. The van der Waals surface area contributed by atoms with Gasteiger partial charge in [0, 0.05) is 10.0 Å². The molecule has 1 N–H and O–H groups in total. The minimum atomic E-state index is -0.458. The molecule has 0 aliphatic rings. The molecule has 1 atom stereocenters. The molecular formula is C12H12Cl2N2O. The fraction of sp³-hybridized carbons (Fsp3) is 0.333. The lowest BCUT2D eigenvalue weighted by Gasteiger charge is -2.10. The van der Waals surface area contributed by atoms with Gasteiger partial charge < -0.3 is 5.32 Å². The molecule has 0 fully saturated rings. The van der Waals surface area contributed by atoms with E-state index in [9.17, 15) is 4.79 Å². The van der Waals surface area contributed by atoms with Crippen molar-refractivity contribution in [1.29, 1.82) is 5.26 Å². The van der Waals surface area contributed by atoms with Crippen LogP contribution >= 0.6 is 23.2 Å². The number of rotatable bonds is 4. The maximum atomic E-state index is 11.6. The van der Waals surface area contributed by atoms with Gasteiger partial charge in [-0.3, -0.25) is 4.79 Å². The number of nitrogens with one attached hydrogen (secondary N) is 1. The van der Waals surface area contributed by atoms with E-state index in [-0.39, 0.29) is 12.3 Å². The Morgan fingerprint density at radius 3 is 2.82 bits per heavy atom. The summed E-state index contributed by atoms with van der Waals surface area (Å²) >= 11 is 11.8. The lowest BCUT2D eigenvalue weighted by molar-refractivity contribution is -0.120. The molecule has 1 amide bonds. The zero-order valence-electron chi connectivity index (χ0n) is 9.34. The first-order chi connectivity index (χ1) is 8.06. The van der Waals surface area contributed by atoms with Gasteiger partial charge in [-0.05, 0) is 30.2 Å². The second-order valence-electron chi connectivity index (χ2n) is 3.57. The summed E-state index contributed by atoms with van der Waals surface area (Å²) in [4.78, 5) is 11.6. The normalized spacial score (nSPS) is 11.6. The Hall–Kier alpha value is -1.24. The molecule has 0 spiro atoms. The van der Waals surface area contributed by atoms with Gasteiger partial charge in [0.05, 0.1) is 12.5 Å². The minimum absolute atomic E-state index is 0.123. The van der Waals surface area contributed by atoms with Crippen LogP contribution in [0.25, 0.3) is 0 Å². The number of nitriles is 1. The molecule has 0 aromatic heterocycles. The van der Waals surface area contributed by atoms with Crippen LogP contribution in [-0.4, -0.2) is 11.9 Å². The van der Waals surface area contributed by atoms with Gasteiger partial charge in [0.2, 0.25) is 5.91 Å². The second kappa shape index (κ2) is 6.48. The average molecular weight is 271 g/mol. The van der Waals surface area contributed by atoms with E-state index >= 15 is 0 Å². The molecule has 0 saturated heterocycles. The van der Waals surface area contributed by atoms with Crippen LogP contribution in [-0.2, 0) is 11.2 Å². The van der Waals surface area contributed by atoms with Gasteiger partial charge in [0.15, 0.2) is 0 Å². The van der Waals surface area contributed by atoms with Gasteiger partial charge in [-0.2, -0.15) is 5.26 Å². The summed E-state index contributed by atoms with van der Waals surface area (Å²) in [5.74, 6) is -0.234. The third-order valence-electron chi connectivity index (χ3n) is 2.26. The number of carbonyl (C=O) groups excluding carboxylic acids is 1. The van der Waals surface area contributed by atoms with E-state index < -0.39 is 6.04 Å². The number of amides is 1. The molecular weight excluding hydrogens is 259 g/mol. The maximum Gasteiger partial charge on any atom is 0.225 e. The summed E-state index contributed by atoms with van der Waals surface area (Å²) in [6.07, 6.45) is 0.698. The zero-order valence-corrected chi connectivity index (χ0v) is 10.8. The lowest BCUT2D eigenvalue weighted by atomic mass is 10.1. The Kier molecular flexibility index (Phi) is 5.27. The second-order valence-corrected chi connectivity index (χ2v) is 4.41. The quantitative estimate of drug-likeness (QED) is 0.915. The average Bonchev–Trinajstić information content (AvgIpc) is 2.31. The van der Waals surface area contributed by atoms with Crippen LogP contribution < -0.4 is 5.32 Å². The molecule has 0 bridgehead atoms. The van der Waals surface area contributed by atoms with Crippen LogP contribution in [0.3, 0.4) is 0 Å². The van der Waals surface area contributed by atoms with Gasteiger partial charge in [-0.15, -0.1) is 0 Å². The first-order valence-corrected chi connectivity index (χ1v) is 5.95. The Balaban J connectivity index is 2.68. The number of benzene rings is 1. The van der Waals surface area contributed by atoms with Crippen molar-refractivity contribution in [1.82, 2.24) is 5.32 Å². The van der Waals surface area contributed by atoms with Gasteiger partial charge in [0.1, 0.15) is 6.04 Å². The Morgan fingerprint density at radius 2 is 2.24 bits per heavy atom. The van der Waals surface area contributed by atoms with Crippen LogP contribution in [0.1, 0.15) is 18.9 Å². The van der Waals surface area contributed by atoms with E-state index in [2.05, 4.69) is 5.32 Å². The van der Waals surface area contributed by atoms with E-state index in [4.69, 9.17) is 28.5 Å². The van der Waals surface area contributed by atoms with Crippen LogP contribution in [0.5, 0.6) is 0 Å². The smallest absolute Gasteiger partial charge is 0.225 e. The van der Waals surface area contributed by atoms with E-state index in [0.717, 1.165) is 0 Å². The van der Waals surface area contributed by atoms with Gasteiger partial charge in [0.25, 0.3) is 0 Å². The Labute approximate surface area is 110 Å². The molecule has 0 aliphatic heterocycles. The van der Waals surface area contributed by atoms with Crippen molar-refractivity contribution in [3.8, 4) is 6.07 Å². The van der Waals surface area contributed by atoms with Gasteiger partial charge in [-0.25, -0.2) is 0 Å². The molecule has 0 saturated carbocycles. The topological polar surface area (TPSA) is 52.9 Å². The first-order valence-electron chi connectivity index (χ1n) is 5.19. The van der Waals surface area contributed by atoms with E-state index in [1.54, 1.807) is 18.2 Å². The summed E-state index contributed by atoms with van der Waals surface area (Å²) in [5.41, 5.74) is 0.657. The van der Waals surface area contributed by atoms with Crippen LogP contribution in [0.2, 0.25) is 10.0 Å². The van der Waals surface area contributed by atoms with Crippen molar-refractivity contribution in [3.63, 3.8) is 0 Å². The van der Waals surface area contributed by atoms with E-state index in [1.807, 2.05) is 13.0 Å². The minimum Gasteiger partial charge on any atom is -0.340 e. The van der Waals surface area contributed by atoms with Crippen molar-refractivity contribution < 1.29 is 4.79 Å². The fourth-order valence-electron chi connectivity index (χ4n) is 1.32. The Morgan fingerprint density at radius 1 is 1.53 bits per heavy atom. The number of hydrogen-bond donors (Lipinski definition) is 1. The van der Waals surface area contributed by atoms with Crippen LogP contribution in [0.15, 0.2) is 18.2 Å².